The van der Waals surface area contributed by atoms with E-state index >= 15 is 0 Å². The largest absolute Gasteiger partial charge is 0.494 e. The lowest BCUT2D eigenvalue weighted by atomic mass is 9.94. The van der Waals surface area contributed by atoms with Crippen molar-refractivity contribution in [3.63, 3.8) is 0 Å². The van der Waals surface area contributed by atoms with Gasteiger partial charge >= 0.3 is 0 Å². The van der Waals surface area contributed by atoms with Gasteiger partial charge < -0.3 is 10.1 Å². The smallest absolute Gasteiger partial charge is 0.165 e. The molecule has 0 bridgehead atoms. The molecule has 1 N–H and O–H groups in total. The van der Waals surface area contributed by atoms with Crippen molar-refractivity contribution in [3.05, 3.63) is 29.6 Å². The van der Waals surface area contributed by atoms with Gasteiger partial charge in [0.2, 0.25) is 0 Å². The van der Waals surface area contributed by atoms with E-state index in [9.17, 15) is 12.8 Å². The van der Waals surface area contributed by atoms with E-state index in [2.05, 4.69) is 5.32 Å². The molecule has 1 aromatic rings. The highest BCUT2D eigenvalue weighted by Gasteiger charge is 2.30. The minimum Gasteiger partial charge on any atom is -0.494 e. The highest BCUT2D eigenvalue weighted by molar-refractivity contribution is 7.91. The van der Waals surface area contributed by atoms with Crippen LogP contribution in [0.1, 0.15) is 31.4 Å². The minimum absolute atomic E-state index is 0.0336. The van der Waals surface area contributed by atoms with Crippen LogP contribution >= 0.6 is 0 Å². The number of rotatable bonds is 6. The van der Waals surface area contributed by atoms with Gasteiger partial charge in [0.1, 0.15) is 0 Å². The quantitative estimate of drug-likeness (QED) is 0.875. The van der Waals surface area contributed by atoms with Crippen molar-refractivity contribution < 1.29 is 17.5 Å². The maximum absolute atomic E-state index is 13.8. The van der Waals surface area contributed by atoms with Crippen LogP contribution in [0.15, 0.2) is 18.2 Å². The van der Waals surface area contributed by atoms with Crippen LogP contribution in [-0.2, 0) is 9.84 Å². The Morgan fingerprint density at radius 3 is 2.76 bits per heavy atom. The van der Waals surface area contributed by atoms with Crippen molar-refractivity contribution in [3.8, 4) is 5.75 Å². The van der Waals surface area contributed by atoms with Gasteiger partial charge in [0.05, 0.1) is 18.6 Å². The summed E-state index contributed by atoms with van der Waals surface area (Å²) in [5, 5.41) is 3.32. The number of sulfone groups is 1. The first kappa shape index (κ1) is 16.2. The molecule has 1 aliphatic rings. The highest BCUT2D eigenvalue weighted by Crippen LogP contribution is 2.30. The first-order valence-corrected chi connectivity index (χ1v) is 9.04. The molecule has 2 unspecified atom stereocenters. The second-order valence-corrected chi connectivity index (χ2v) is 7.74. The molecule has 0 radical (unpaired) electrons. The van der Waals surface area contributed by atoms with E-state index in [1.807, 2.05) is 13.0 Å². The maximum Gasteiger partial charge on any atom is 0.165 e. The van der Waals surface area contributed by atoms with E-state index < -0.39 is 15.7 Å². The minimum atomic E-state index is -2.88. The van der Waals surface area contributed by atoms with Crippen molar-refractivity contribution in [2.24, 2.45) is 5.92 Å². The summed E-state index contributed by atoms with van der Waals surface area (Å²) in [5.74, 6) is 0.486. The molecule has 0 spiro atoms. The molecule has 1 aromatic carbocycles. The summed E-state index contributed by atoms with van der Waals surface area (Å²) >= 11 is 0. The molecular weight excluding hydrogens is 293 g/mol. The molecule has 118 valence electrons. The molecule has 0 saturated carbocycles. The lowest BCUT2D eigenvalue weighted by Gasteiger charge is -2.21. The fourth-order valence-corrected chi connectivity index (χ4v) is 4.75. The van der Waals surface area contributed by atoms with Gasteiger partial charge in [0, 0.05) is 6.04 Å². The summed E-state index contributed by atoms with van der Waals surface area (Å²) in [6.07, 6.45) is 1.40. The van der Waals surface area contributed by atoms with E-state index in [1.54, 1.807) is 6.07 Å². The maximum atomic E-state index is 13.8. The third-order valence-electron chi connectivity index (χ3n) is 3.92. The third kappa shape index (κ3) is 4.17. The summed E-state index contributed by atoms with van der Waals surface area (Å²) in [4.78, 5) is 0. The van der Waals surface area contributed by atoms with E-state index in [0.717, 1.165) is 12.1 Å². The Balaban J connectivity index is 2.13. The number of benzene rings is 1. The molecule has 1 heterocycles. The summed E-state index contributed by atoms with van der Waals surface area (Å²) in [5.41, 5.74) is 0.833. The molecule has 1 fully saturated rings. The van der Waals surface area contributed by atoms with Crippen LogP contribution < -0.4 is 10.1 Å². The topological polar surface area (TPSA) is 55.4 Å². The van der Waals surface area contributed by atoms with Gasteiger partial charge in [-0.1, -0.05) is 13.0 Å². The van der Waals surface area contributed by atoms with Gasteiger partial charge in [-0.05, 0) is 43.0 Å². The average molecular weight is 315 g/mol. The monoisotopic (exact) mass is 315 g/mol. The molecule has 0 amide bonds. The van der Waals surface area contributed by atoms with E-state index in [0.29, 0.717) is 12.8 Å². The third-order valence-corrected chi connectivity index (χ3v) is 5.76. The van der Waals surface area contributed by atoms with Gasteiger partial charge in [0.25, 0.3) is 0 Å². The first-order valence-electron chi connectivity index (χ1n) is 7.22. The Bertz CT molecular complexity index is 589. The molecule has 6 heteroatoms. The molecule has 1 aliphatic heterocycles. The summed E-state index contributed by atoms with van der Waals surface area (Å²) in [6, 6.07) is 4.88. The number of nitrogens with one attached hydrogen (secondary N) is 1. The Kier molecular flexibility index (Phi) is 5.22. The van der Waals surface area contributed by atoms with Crippen LogP contribution in [0, 0.1) is 11.7 Å². The van der Waals surface area contributed by atoms with Crippen LogP contribution in [0.4, 0.5) is 4.39 Å². The zero-order valence-electron chi connectivity index (χ0n) is 12.4. The van der Waals surface area contributed by atoms with Crippen molar-refractivity contribution in [2.75, 3.05) is 25.2 Å². The fraction of sp³-hybridized carbons (Fsp3) is 0.600. The summed E-state index contributed by atoms with van der Waals surface area (Å²) < 4.78 is 41.9. The van der Waals surface area contributed by atoms with Crippen molar-refractivity contribution in [1.82, 2.24) is 5.32 Å². The Hall–Kier alpha value is -1.14. The van der Waals surface area contributed by atoms with E-state index in [1.165, 1.54) is 13.2 Å². The second-order valence-electron chi connectivity index (χ2n) is 5.51. The summed E-state index contributed by atoms with van der Waals surface area (Å²) in [7, 11) is -1.45. The first-order chi connectivity index (χ1) is 9.95. The highest BCUT2D eigenvalue weighted by atomic mass is 32.2. The zero-order chi connectivity index (χ0) is 15.5. The molecule has 0 aliphatic carbocycles. The van der Waals surface area contributed by atoms with Crippen LogP contribution in [0.25, 0.3) is 0 Å². The van der Waals surface area contributed by atoms with Crippen LogP contribution in [0.3, 0.4) is 0 Å². The summed E-state index contributed by atoms with van der Waals surface area (Å²) in [6.45, 7) is 2.73. The molecule has 0 aromatic heterocycles. The SMILES string of the molecule is CCNC(CC1CCS(=O)(=O)C1)c1ccc(OC)c(F)c1. The fourth-order valence-electron chi connectivity index (χ4n) is 2.87. The number of hydrogen-bond acceptors (Lipinski definition) is 4. The molecule has 21 heavy (non-hydrogen) atoms. The molecule has 2 atom stereocenters. The number of hydrogen-bond donors (Lipinski definition) is 1. The van der Waals surface area contributed by atoms with Gasteiger partial charge in [-0.3, -0.25) is 0 Å². The number of halogens is 1. The standard InChI is InChI=1S/C15H22FNO3S/c1-3-17-14(8-11-6-7-21(18,19)10-11)12-4-5-15(20-2)13(16)9-12/h4-5,9,11,14,17H,3,6-8,10H2,1-2H3. The van der Waals surface area contributed by atoms with Crippen molar-refractivity contribution in [2.45, 2.75) is 25.8 Å². The van der Waals surface area contributed by atoms with Gasteiger partial charge in [-0.2, -0.15) is 0 Å². The van der Waals surface area contributed by atoms with Gasteiger partial charge in [-0.15, -0.1) is 0 Å². The predicted octanol–water partition coefficient (Wildman–Crippen LogP) is 2.31. The van der Waals surface area contributed by atoms with E-state index in [4.69, 9.17) is 4.74 Å². The lowest BCUT2D eigenvalue weighted by Crippen LogP contribution is -2.24. The van der Waals surface area contributed by atoms with E-state index in [-0.39, 0.29) is 29.2 Å². The second kappa shape index (κ2) is 6.75. The average Bonchev–Trinajstić information content (AvgIpc) is 2.77. The normalized spacial score (nSPS) is 22.1. The Morgan fingerprint density at radius 1 is 1.48 bits per heavy atom. The number of methoxy groups -OCH3 is 1. The lowest BCUT2D eigenvalue weighted by molar-refractivity contribution is 0.383. The molecule has 2 rings (SSSR count). The van der Waals surface area contributed by atoms with Crippen LogP contribution in [-0.4, -0.2) is 33.6 Å². The van der Waals surface area contributed by atoms with Gasteiger partial charge in [-0.25, -0.2) is 12.8 Å². The van der Waals surface area contributed by atoms with Crippen molar-refractivity contribution >= 4 is 9.84 Å². The van der Waals surface area contributed by atoms with Crippen molar-refractivity contribution in [1.29, 1.82) is 0 Å². The zero-order valence-corrected chi connectivity index (χ0v) is 13.2. The molecule has 1 saturated heterocycles. The molecule has 4 nitrogen and oxygen atoms in total. The number of ether oxygens (including phenoxy) is 1. The Morgan fingerprint density at radius 2 is 2.24 bits per heavy atom. The van der Waals surface area contributed by atoms with Crippen LogP contribution in [0.5, 0.6) is 5.75 Å². The molecular formula is C15H22FNO3S. The predicted molar refractivity (Wildman–Crippen MR) is 80.7 cm³/mol. The van der Waals surface area contributed by atoms with Gasteiger partial charge in [0.15, 0.2) is 21.4 Å². The Labute approximate surface area is 125 Å². The van der Waals surface area contributed by atoms with Crippen LogP contribution in [0.2, 0.25) is 0 Å².